The van der Waals surface area contributed by atoms with Gasteiger partial charge in [0.05, 0.1) is 6.61 Å². The quantitative estimate of drug-likeness (QED) is 0.185. The molecule has 1 rings (SSSR count). The summed E-state index contributed by atoms with van der Waals surface area (Å²) in [6.45, 7) is 4.25. The number of amides is 1. The highest BCUT2D eigenvalue weighted by Gasteiger charge is 2.28. The Morgan fingerprint density at radius 1 is 0.889 bits per heavy atom. The van der Waals surface area contributed by atoms with E-state index in [0.29, 0.717) is 19.4 Å². The van der Waals surface area contributed by atoms with Crippen LogP contribution in [-0.4, -0.2) is 24.5 Å². The molecule has 1 amide bonds. The van der Waals surface area contributed by atoms with E-state index in [9.17, 15) is 9.59 Å². The van der Waals surface area contributed by atoms with E-state index in [0.717, 1.165) is 12.8 Å². The summed E-state index contributed by atoms with van der Waals surface area (Å²) in [6.07, 6.45) is 22.5. The summed E-state index contributed by atoms with van der Waals surface area (Å²) in [5.74, 6) is -0.311. The fraction of sp³-hybridized carbons (Fsp3) is 0.826. The molecule has 0 radical (unpaired) electrons. The second kappa shape index (κ2) is 16.8. The number of ether oxygens (including phenoxy) is 1. The molecule has 0 unspecified atom stereocenters. The molecular formula is C23H41NO3. The Bertz CT molecular complexity index is 408. The molecule has 4 heteroatoms. The summed E-state index contributed by atoms with van der Waals surface area (Å²) in [5.41, 5.74) is 0. The number of allylic oxidation sites excluding steroid dienone is 1. The second-order valence-corrected chi connectivity index (χ2v) is 7.85. The lowest BCUT2D eigenvalue weighted by atomic mass is 10.0. The van der Waals surface area contributed by atoms with Gasteiger partial charge in [-0.15, -0.1) is 6.58 Å². The molecular weight excluding hydrogens is 338 g/mol. The van der Waals surface area contributed by atoms with Crippen molar-refractivity contribution in [2.75, 3.05) is 6.61 Å². The van der Waals surface area contributed by atoms with Gasteiger partial charge in [0.2, 0.25) is 5.91 Å². The standard InChI is InChI=1S/C23H41NO3/c1-2-3-4-5-6-7-8-9-10-11-12-13-14-15-16-17-20-27-23(26)21-18-19-22(25)24-21/h2,21H,1,3-20H2,(H,24,25)/t21-/m0/s1. The van der Waals surface area contributed by atoms with Gasteiger partial charge in [-0.1, -0.05) is 83.1 Å². The highest BCUT2D eigenvalue weighted by molar-refractivity contribution is 5.87. The first-order valence-corrected chi connectivity index (χ1v) is 11.3. The van der Waals surface area contributed by atoms with Crippen molar-refractivity contribution in [2.45, 2.75) is 115 Å². The molecule has 27 heavy (non-hydrogen) atoms. The van der Waals surface area contributed by atoms with Crippen LogP contribution in [0.1, 0.15) is 109 Å². The minimum absolute atomic E-state index is 0.0452. The normalized spacial score (nSPS) is 16.3. The highest BCUT2D eigenvalue weighted by Crippen LogP contribution is 2.14. The Morgan fingerprint density at radius 2 is 1.37 bits per heavy atom. The largest absolute Gasteiger partial charge is 0.464 e. The predicted octanol–water partition coefficient (Wildman–Crippen LogP) is 5.85. The first kappa shape index (κ1) is 23.7. The summed E-state index contributed by atoms with van der Waals surface area (Å²) >= 11 is 0. The molecule has 0 bridgehead atoms. The molecule has 1 atom stereocenters. The lowest BCUT2D eigenvalue weighted by Gasteiger charge is -2.09. The van der Waals surface area contributed by atoms with Crippen molar-refractivity contribution in [3.63, 3.8) is 0 Å². The van der Waals surface area contributed by atoms with Gasteiger partial charge in [-0.05, 0) is 25.7 Å². The summed E-state index contributed by atoms with van der Waals surface area (Å²) < 4.78 is 5.24. The van der Waals surface area contributed by atoms with Crippen LogP contribution in [0.4, 0.5) is 0 Å². The Morgan fingerprint density at radius 3 is 1.81 bits per heavy atom. The molecule has 0 saturated carbocycles. The van der Waals surface area contributed by atoms with E-state index in [1.165, 1.54) is 83.5 Å². The third-order valence-electron chi connectivity index (χ3n) is 5.33. The maximum atomic E-state index is 11.7. The fourth-order valence-electron chi connectivity index (χ4n) is 3.58. The molecule has 1 aliphatic rings. The van der Waals surface area contributed by atoms with Crippen molar-refractivity contribution in [1.82, 2.24) is 5.32 Å². The van der Waals surface area contributed by atoms with Gasteiger partial charge in [-0.3, -0.25) is 4.79 Å². The molecule has 156 valence electrons. The van der Waals surface area contributed by atoms with Crippen LogP contribution in [0.5, 0.6) is 0 Å². The van der Waals surface area contributed by atoms with Crippen LogP contribution < -0.4 is 5.32 Å². The number of hydrogen-bond donors (Lipinski definition) is 1. The summed E-state index contributed by atoms with van der Waals surface area (Å²) in [5, 5.41) is 2.64. The molecule has 1 fully saturated rings. The van der Waals surface area contributed by atoms with Crippen molar-refractivity contribution in [1.29, 1.82) is 0 Å². The minimum Gasteiger partial charge on any atom is -0.464 e. The van der Waals surface area contributed by atoms with Crippen LogP contribution in [0.2, 0.25) is 0 Å². The molecule has 0 aliphatic carbocycles. The van der Waals surface area contributed by atoms with Gasteiger partial charge < -0.3 is 10.1 Å². The van der Waals surface area contributed by atoms with Crippen molar-refractivity contribution >= 4 is 11.9 Å². The summed E-state index contributed by atoms with van der Waals surface area (Å²) in [6, 6.07) is -0.408. The first-order chi connectivity index (χ1) is 13.2. The van der Waals surface area contributed by atoms with Gasteiger partial charge in [0, 0.05) is 6.42 Å². The van der Waals surface area contributed by atoms with E-state index in [2.05, 4.69) is 11.9 Å². The zero-order valence-electron chi connectivity index (χ0n) is 17.3. The number of rotatable bonds is 18. The SMILES string of the molecule is C=CCCCCCCCCCCCCCCCCOC(=O)[C@@H]1CCC(=O)N1. The zero-order chi connectivity index (χ0) is 19.6. The Labute approximate surface area is 166 Å². The molecule has 0 spiro atoms. The number of carbonyl (C=O) groups is 2. The third kappa shape index (κ3) is 13.5. The molecule has 0 aromatic rings. The molecule has 1 N–H and O–H groups in total. The van der Waals surface area contributed by atoms with Gasteiger partial charge >= 0.3 is 5.97 Å². The summed E-state index contributed by atoms with van der Waals surface area (Å²) in [7, 11) is 0. The molecule has 1 heterocycles. The van der Waals surface area contributed by atoms with Gasteiger partial charge in [0.15, 0.2) is 0 Å². The smallest absolute Gasteiger partial charge is 0.328 e. The topological polar surface area (TPSA) is 55.4 Å². The predicted molar refractivity (Wildman–Crippen MR) is 112 cm³/mol. The average molecular weight is 380 g/mol. The van der Waals surface area contributed by atoms with Gasteiger partial charge in [-0.25, -0.2) is 4.79 Å². The Kier molecular flexibility index (Phi) is 14.8. The lowest BCUT2D eigenvalue weighted by molar-refractivity contribution is -0.146. The van der Waals surface area contributed by atoms with Crippen molar-refractivity contribution in [3.05, 3.63) is 12.7 Å². The first-order valence-electron chi connectivity index (χ1n) is 11.3. The van der Waals surface area contributed by atoms with Crippen LogP contribution in [0.25, 0.3) is 0 Å². The van der Waals surface area contributed by atoms with Gasteiger partial charge in [-0.2, -0.15) is 0 Å². The van der Waals surface area contributed by atoms with E-state index >= 15 is 0 Å². The highest BCUT2D eigenvalue weighted by atomic mass is 16.5. The lowest BCUT2D eigenvalue weighted by Crippen LogP contribution is -2.34. The Hall–Kier alpha value is -1.32. The number of nitrogens with one attached hydrogen (secondary N) is 1. The van der Waals surface area contributed by atoms with E-state index in [-0.39, 0.29) is 11.9 Å². The van der Waals surface area contributed by atoms with Crippen LogP contribution in [0.15, 0.2) is 12.7 Å². The maximum absolute atomic E-state index is 11.7. The number of esters is 1. The number of unbranched alkanes of at least 4 members (excludes halogenated alkanes) is 14. The zero-order valence-corrected chi connectivity index (χ0v) is 17.3. The fourth-order valence-corrected chi connectivity index (χ4v) is 3.58. The molecule has 0 aromatic heterocycles. The monoisotopic (exact) mass is 379 g/mol. The van der Waals surface area contributed by atoms with Crippen molar-refractivity contribution < 1.29 is 14.3 Å². The summed E-state index contributed by atoms with van der Waals surface area (Å²) in [4.78, 5) is 22.8. The van der Waals surface area contributed by atoms with Crippen molar-refractivity contribution in [2.24, 2.45) is 0 Å². The average Bonchev–Trinajstić information content (AvgIpc) is 3.10. The van der Waals surface area contributed by atoms with Crippen LogP contribution >= 0.6 is 0 Å². The molecule has 0 aromatic carbocycles. The molecule has 4 nitrogen and oxygen atoms in total. The van der Waals surface area contributed by atoms with Crippen LogP contribution in [0.3, 0.4) is 0 Å². The number of hydrogen-bond acceptors (Lipinski definition) is 3. The van der Waals surface area contributed by atoms with E-state index in [4.69, 9.17) is 4.74 Å². The van der Waals surface area contributed by atoms with Crippen LogP contribution in [-0.2, 0) is 14.3 Å². The van der Waals surface area contributed by atoms with Gasteiger partial charge in [0.1, 0.15) is 6.04 Å². The molecule has 1 aliphatic heterocycles. The van der Waals surface area contributed by atoms with E-state index in [1.54, 1.807) is 0 Å². The van der Waals surface area contributed by atoms with E-state index < -0.39 is 6.04 Å². The molecule has 1 saturated heterocycles. The Balaban J connectivity index is 1.72. The van der Waals surface area contributed by atoms with Gasteiger partial charge in [0.25, 0.3) is 0 Å². The van der Waals surface area contributed by atoms with Crippen LogP contribution in [0, 0.1) is 0 Å². The maximum Gasteiger partial charge on any atom is 0.328 e. The van der Waals surface area contributed by atoms with E-state index in [1.807, 2.05) is 6.08 Å². The number of carbonyl (C=O) groups excluding carboxylic acids is 2. The second-order valence-electron chi connectivity index (χ2n) is 7.85. The third-order valence-corrected chi connectivity index (χ3v) is 5.33. The minimum atomic E-state index is -0.408. The van der Waals surface area contributed by atoms with Crippen molar-refractivity contribution in [3.8, 4) is 0 Å².